The Morgan fingerprint density at radius 3 is 2.72 bits per heavy atom. The van der Waals surface area contributed by atoms with Gasteiger partial charge in [0.2, 0.25) is 0 Å². The lowest BCUT2D eigenvalue weighted by Crippen LogP contribution is -2.28. The van der Waals surface area contributed by atoms with Crippen LogP contribution < -0.4 is 4.74 Å². The molecule has 0 amide bonds. The van der Waals surface area contributed by atoms with Crippen molar-refractivity contribution in [2.45, 2.75) is 39.2 Å². The molecule has 3 aromatic rings. The number of carbonyl (C=O) groups excluding carboxylic acids is 1. The van der Waals surface area contributed by atoms with Gasteiger partial charge in [-0.15, -0.1) is 0 Å². The van der Waals surface area contributed by atoms with Gasteiger partial charge in [-0.2, -0.15) is 0 Å². The minimum absolute atomic E-state index is 0.257. The van der Waals surface area contributed by atoms with Crippen LogP contribution >= 0.6 is 0 Å². The largest absolute Gasteiger partial charge is 0.495 e. The zero-order valence-electron chi connectivity index (χ0n) is 16.8. The van der Waals surface area contributed by atoms with Crippen molar-refractivity contribution in [2.24, 2.45) is 0 Å². The van der Waals surface area contributed by atoms with E-state index < -0.39 is 11.7 Å². The number of hydrogen-bond donors (Lipinski definition) is 0. The normalized spacial score (nSPS) is 13.8. The van der Waals surface area contributed by atoms with Gasteiger partial charge in [-0.05, 0) is 63.1 Å². The molecular formula is C22H22FN3O3. The second-order valence-corrected chi connectivity index (χ2v) is 7.97. The Balaban J connectivity index is 1.87. The van der Waals surface area contributed by atoms with Crippen molar-refractivity contribution < 1.29 is 18.7 Å². The number of allylic oxidation sites excluding steroid dienone is 1. The number of nitrogens with zero attached hydrogens (tertiary/aromatic N) is 3. The summed E-state index contributed by atoms with van der Waals surface area (Å²) in [6.45, 7) is 5.38. The quantitative estimate of drug-likeness (QED) is 0.601. The summed E-state index contributed by atoms with van der Waals surface area (Å²) in [4.78, 5) is 21.9. The summed E-state index contributed by atoms with van der Waals surface area (Å²) in [6, 6.07) is 7.40. The molecule has 0 aliphatic heterocycles. The number of ether oxygens (including phenoxy) is 2. The summed E-state index contributed by atoms with van der Waals surface area (Å²) in [7, 11) is 1.58. The minimum Gasteiger partial charge on any atom is -0.495 e. The Hall–Kier alpha value is -3.22. The number of aromatic nitrogens is 3. The maximum Gasteiger partial charge on any atom is 0.419 e. The van der Waals surface area contributed by atoms with Crippen LogP contribution in [0.5, 0.6) is 5.75 Å². The fourth-order valence-corrected chi connectivity index (χ4v) is 3.35. The predicted octanol–water partition coefficient (Wildman–Crippen LogP) is 5.15. The van der Waals surface area contributed by atoms with E-state index >= 15 is 0 Å². The summed E-state index contributed by atoms with van der Waals surface area (Å²) in [6.07, 6.45) is 3.26. The molecule has 0 aromatic carbocycles. The molecule has 0 saturated heterocycles. The van der Waals surface area contributed by atoms with Gasteiger partial charge in [-0.3, -0.25) is 0 Å². The number of carbonyl (C=O) groups is 1. The number of hydrogen-bond acceptors (Lipinski definition) is 5. The van der Waals surface area contributed by atoms with E-state index in [0.29, 0.717) is 41.3 Å². The Bertz CT molecular complexity index is 1140. The summed E-state index contributed by atoms with van der Waals surface area (Å²) in [5.41, 5.74) is 2.34. The lowest BCUT2D eigenvalue weighted by atomic mass is 10.0. The summed E-state index contributed by atoms with van der Waals surface area (Å²) < 4.78 is 26.2. The number of aryl methyl sites for hydroxylation is 1. The highest BCUT2D eigenvalue weighted by atomic mass is 19.1. The molecule has 1 aliphatic rings. The molecule has 0 atom stereocenters. The van der Waals surface area contributed by atoms with Crippen molar-refractivity contribution in [3.05, 3.63) is 47.5 Å². The van der Waals surface area contributed by atoms with Gasteiger partial charge in [0.25, 0.3) is 0 Å². The van der Waals surface area contributed by atoms with Crippen molar-refractivity contribution in [3.8, 4) is 17.1 Å². The standard InChI is InChI=1S/C22H22FN3O3/c1-22(2,3)29-21(27)26-18-11-15(23)7-5-13(18)10-19(26)17-8-6-14-9-16(28-4)12-24-20(14)25-17/h6,8-12H,5,7H2,1-4H3. The molecule has 1 aliphatic carbocycles. The third-order valence-corrected chi connectivity index (χ3v) is 4.64. The highest BCUT2D eigenvalue weighted by molar-refractivity contribution is 5.85. The van der Waals surface area contributed by atoms with Crippen LogP contribution in [0.3, 0.4) is 0 Å². The van der Waals surface area contributed by atoms with Crippen LogP contribution in [-0.2, 0) is 11.2 Å². The zero-order chi connectivity index (χ0) is 20.8. The molecule has 0 saturated carbocycles. The van der Waals surface area contributed by atoms with E-state index in [1.807, 2.05) is 24.3 Å². The molecule has 0 spiro atoms. The van der Waals surface area contributed by atoms with Gasteiger partial charge in [0.15, 0.2) is 5.65 Å². The minimum atomic E-state index is -0.683. The number of halogens is 1. The maximum atomic E-state index is 14.0. The summed E-state index contributed by atoms with van der Waals surface area (Å²) in [5, 5.41) is 0.819. The van der Waals surface area contributed by atoms with Gasteiger partial charge in [0.1, 0.15) is 17.2 Å². The molecule has 0 radical (unpaired) electrons. The highest BCUT2D eigenvalue weighted by Crippen LogP contribution is 2.33. The van der Waals surface area contributed by atoms with E-state index in [1.165, 1.54) is 10.6 Å². The van der Waals surface area contributed by atoms with Crippen LogP contribution in [0, 0.1) is 0 Å². The van der Waals surface area contributed by atoms with Crippen molar-refractivity contribution in [1.82, 2.24) is 14.5 Å². The molecule has 4 rings (SSSR count). The molecule has 3 aromatic heterocycles. The van der Waals surface area contributed by atoms with Crippen molar-refractivity contribution in [2.75, 3.05) is 7.11 Å². The van der Waals surface area contributed by atoms with Gasteiger partial charge in [0.05, 0.1) is 30.4 Å². The Morgan fingerprint density at radius 2 is 2.00 bits per heavy atom. The van der Waals surface area contributed by atoms with Crippen LogP contribution in [0.4, 0.5) is 9.18 Å². The van der Waals surface area contributed by atoms with E-state index in [0.717, 1.165) is 10.9 Å². The topological polar surface area (TPSA) is 66.2 Å². The predicted molar refractivity (Wildman–Crippen MR) is 109 cm³/mol. The lowest BCUT2D eigenvalue weighted by Gasteiger charge is -2.21. The first-order valence-electron chi connectivity index (χ1n) is 9.40. The van der Waals surface area contributed by atoms with Crippen LogP contribution in [0.1, 0.15) is 38.4 Å². The molecule has 29 heavy (non-hydrogen) atoms. The Labute approximate surface area is 168 Å². The fourth-order valence-electron chi connectivity index (χ4n) is 3.35. The van der Waals surface area contributed by atoms with Gasteiger partial charge in [-0.1, -0.05) is 0 Å². The van der Waals surface area contributed by atoms with Crippen molar-refractivity contribution in [1.29, 1.82) is 0 Å². The second-order valence-electron chi connectivity index (χ2n) is 7.97. The van der Waals surface area contributed by atoms with E-state index in [1.54, 1.807) is 34.1 Å². The SMILES string of the molecule is COc1cnc2nc(-c3cc4c(n3C(=O)OC(C)(C)C)C=C(F)CC4)ccc2c1. The molecule has 0 fully saturated rings. The lowest BCUT2D eigenvalue weighted by molar-refractivity contribution is 0.0539. The number of methoxy groups -OCH3 is 1. The van der Waals surface area contributed by atoms with Gasteiger partial charge in [-0.25, -0.2) is 23.7 Å². The maximum absolute atomic E-state index is 14.0. The first-order chi connectivity index (χ1) is 13.7. The molecular weight excluding hydrogens is 373 g/mol. The number of rotatable bonds is 2. The first kappa shape index (κ1) is 19.1. The van der Waals surface area contributed by atoms with Crippen molar-refractivity contribution >= 4 is 23.2 Å². The molecule has 0 unspecified atom stereocenters. The second kappa shape index (κ2) is 6.99. The van der Waals surface area contributed by atoms with E-state index in [9.17, 15) is 9.18 Å². The summed E-state index contributed by atoms with van der Waals surface area (Å²) >= 11 is 0. The molecule has 0 N–H and O–H groups in total. The van der Waals surface area contributed by atoms with E-state index in [-0.39, 0.29) is 5.83 Å². The molecule has 7 heteroatoms. The van der Waals surface area contributed by atoms with Gasteiger partial charge < -0.3 is 9.47 Å². The summed E-state index contributed by atoms with van der Waals surface area (Å²) in [5.74, 6) is 0.382. The van der Waals surface area contributed by atoms with E-state index in [4.69, 9.17) is 9.47 Å². The average molecular weight is 395 g/mol. The number of pyridine rings is 2. The number of fused-ring (bicyclic) bond motifs is 2. The zero-order valence-corrected chi connectivity index (χ0v) is 16.8. The van der Waals surface area contributed by atoms with Crippen molar-refractivity contribution in [3.63, 3.8) is 0 Å². The van der Waals surface area contributed by atoms with E-state index in [2.05, 4.69) is 9.97 Å². The molecule has 0 bridgehead atoms. The third kappa shape index (κ3) is 3.72. The van der Waals surface area contributed by atoms with Gasteiger partial charge >= 0.3 is 6.09 Å². The first-order valence-corrected chi connectivity index (χ1v) is 9.40. The van der Waals surface area contributed by atoms with Crippen LogP contribution in [-0.4, -0.2) is 33.3 Å². The van der Waals surface area contributed by atoms with Crippen LogP contribution in [0.25, 0.3) is 28.5 Å². The Kier molecular flexibility index (Phi) is 4.61. The fraction of sp³-hybridized carbons (Fsp3) is 0.318. The highest BCUT2D eigenvalue weighted by Gasteiger charge is 2.27. The van der Waals surface area contributed by atoms with Crippen LogP contribution in [0.15, 0.2) is 36.3 Å². The third-order valence-electron chi connectivity index (χ3n) is 4.64. The Morgan fingerprint density at radius 1 is 1.21 bits per heavy atom. The average Bonchev–Trinajstić information content (AvgIpc) is 3.04. The molecule has 150 valence electrons. The smallest absolute Gasteiger partial charge is 0.419 e. The molecule has 6 nitrogen and oxygen atoms in total. The van der Waals surface area contributed by atoms with Gasteiger partial charge in [0, 0.05) is 11.8 Å². The monoisotopic (exact) mass is 395 g/mol. The molecule has 3 heterocycles. The van der Waals surface area contributed by atoms with Crippen LogP contribution in [0.2, 0.25) is 0 Å².